The van der Waals surface area contributed by atoms with E-state index in [2.05, 4.69) is 9.88 Å². The predicted molar refractivity (Wildman–Crippen MR) is 126 cm³/mol. The molecule has 0 bridgehead atoms. The molecule has 0 N–H and O–H groups in total. The van der Waals surface area contributed by atoms with Crippen molar-refractivity contribution < 1.29 is 18.7 Å². The summed E-state index contributed by atoms with van der Waals surface area (Å²) in [6, 6.07) is 9.24. The molecule has 3 aromatic rings. The van der Waals surface area contributed by atoms with Crippen molar-refractivity contribution in [1.82, 2.24) is 9.88 Å². The van der Waals surface area contributed by atoms with Crippen LogP contribution in [0.15, 0.2) is 36.4 Å². The summed E-state index contributed by atoms with van der Waals surface area (Å²) in [5.41, 5.74) is 0.652. The Morgan fingerprint density at radius 2 is 2.03 bits per heavy atom. The highest BCUT2D eigenvalue weighted by Crippen LogP contribution is 2.31. The molecule has 1 aliphatic heterocycles. The number of carbonyl (C=O) groups excluding carboxylic acids is 1. The van der Waals surface area contributed by atoms with Gasteiger partial charge in [-0.15, -0.1) is 0 Å². The maximum atomic E-state index is 13.6. The lowest BCUT2D eigenvalue weighted by Gasteiger charge is -2.27. The summed E-state index contributed by atoms with van der Waals surface area (Å²) in [6.45, 7) is 4.32. The Morgan fingerprint density at radius 1 is 1.22 bits per heavy atom. The van der Waals surface area contributed by atoms with E-state index < -0.39 is 0 Å². The van der Waals surface area contributed by atoms with E-state index in [1.807, 2.05) is 0 Å². The minimum Gasteiger partial charge on any atom is -0.482 e. The molecule has 170 valence electrons. The molecule has 0 aliphatic carbocycles. The number of morpholine rings is 1. The van der Waals surface area contributed by atoms with E-state index in [9.17, 15) is 9.18 Å². The molecular weight excluding hydrogens is 476 g/mol. The van der Waals surface area contributed by atoms with Gasteiger partial charge in [0.1, 0.15) is 11.6 Å². The highest BCUT2D eigenvalue weighted by atomic mass is 35.5. The van der Waals surface area contributed by atoms with E-state index >= 15 is 0 Å². The van der Waals surface area contributed by atoms with Gasteiger partial charge in [0.15, 0.2) is 11.7 Å². The maximum absolute atomic E-state index is 13.6. The third-order valence-corrected chi connectivity index (χ3v) is 6.65. The molecule has 1 fully saturated rings. The van der Waals surface area contributed by atoms with Gasteiger partial charge in [-0.05, 0) is 42.8 Å². The van der Waals surface area contributed by atoms with Crippen molar-refractivity contribution >= 4 is 55.8 Å². The molecule has 6 nitrogen and oxygen atoms in total. The lowest BCUT2D eigenvalue weighted by atomic mass is 10.3. The number of hydrogen-bond donors (Lipinski definition) is 0. The Balaban J connectivity index is 1.47. The summed E-state index contributed by atoms with van der Waals surface area (Å²) in [5, 5.41) is 1.34. The molecule has 0 spiro atoms. The molecule has 2 heterocycles. The minimum atomic E-state index is -0.335. The van der Waals surface area contributed by atoms with E-state index in [4.69, 9.17) is 32.7 Å². The topological polar surface area (TPSA) is 54.9 Å². The number of hydrogen-bond acceptors (Lipinski definition) is 6. The minimum absolute atomic E-state index is 0.205. The zero-order chi connectivity index (χ0) is 22.5. The molecule has 1 aliphatic rings. The van der Waals surface area contributed by atoms with Crippen LogP contribution in [-0.4, -0.2) is 61.8 Å². The predicted octanol–water partition coefficient (Wildman–Crippen LogP) is 4.88. The van der Waals surface area contributed by atoms with Crippen LogP contribution in [0.3, 0.4) is 0 Å². The molecule has 2 aromatic carbocycles. The van der Waals surface area contributed by atoms with E-state index in [0.29, 0.717) is 37.7 Å². The highest BCUT2D eigenvalue weighted by molar-refractivity contribution is 7.22. The Bertz CT molecular complexity index is 1090. The number of ether oxygens (including phenoxy) is 2. The number of carbonyl (C=O) groups is 1. The van der Waals surface area contributed by atoms with Gasteiger partial charge in [0.2, 0.25) is 0 Å². The van der Waals surface area contributed by atoms with E-state index in [-0.39, 0.29) is 18.3 Å². The van der Waals surface area contributed by atoms with Crippen LogP contribution in [0.2, 0.25) is 10.0 Å². The molecular formula is C22H22Cl2FN3O3S. The van der Waals surface area contributed by atoms with Crippen LogP contribution in [0, 0.1) is 5.82 Å². The number of fused-ring (bicyclic) bond motifs is 1. The second-order valence-electron chi connectivity index (χ2n) is 7.32. The van der Waals surface area contributed by atoms with Crippen molar-refractivity contribution in [3.63, 3.8) is 0 Å². The number of thiazole rings is 1. The molecule has 32 heavy (non-hydrogen) atoms. The first kappa shape index (κ1) is 23.2. The van der Waals surface area contributed by atoms with Crippen LogP contribution in [0.25, 0.3) is 10.2 Å². The van der Waals surface area contributed by atoms with Crippen molar-refractivity contribution in [2.24, 2.45) is 0 Å². The number of nitrogens with zero attached hydrogens (tertiary/aromatic N) is 3. The average molecular weight is 498 g/mol. The molecule has 1 saturated heterocycles. The number of benzene rings is 2. The third-order valence-electron chi connectivity index (χ3n) is 5.08. The normalized spacial score (nSPS) is 14.6. The van der Waals surface area contributed by atoms with Crippen molar-refractivity contribution in [2.75, 3.05) is 50.9 Å². The van der Waals surface area contributed by atoms with Crippen LogP contribution < -0.4 is 9.64 Å². The summed E-state index contributed by atoms with van der Waals surface area (Å²) in [4.78, 5) is 21.6. The first-order chi connectivity index (χ1) is 15.5. The second-order valence-corrected chi connectivity index (χ2v) is 9.18. The van der Waals surface area contributed by atoms with E-state index in [1.54, 1.807) is 29.2 Å². The molecule has 1 amide bonds. The van der Waals surface area contributed by atoms with Gasteiger partial charge in [-0.1, -0.05) is 34.5 Å². The Labute approximate surface area is 199 Å². The molecule has 0 radical (unpaired) electrons. The molecule has 0 atom stereocenters. The van der Waals surface area contributed by atoms with E-state index in [1.165, 1.54) is 23.5 Å². The lowest BCUT2D eigenvalue weighted by Crippen LogP contribution is -2.40. The summed E-state index contributed by atoms with van der Waals surface area (Å²) < 4.78 is 25.4. The average Bonchev–Trinajstić information content (AvgIpc) is 3.19. The molecule has 1 aromatic heterocycles. The Kier molecular flexibility index (Phi) is 7.80. The van der Waals surface area contributed by atoms with Crippen LogP contribution >= 0.6 is 34.5 Å². The van der Waals surface area contributed by atoms with Crippen molar-refractivity contribution in [3.05, 3.63) is 52.3 Å². The maximum Gasteiger partial charge on any atom is 0.266 e. The zero-order valence-electron chi connectivity index (χ0n) is 17.2. The standard InChI is InChI=1S/C22H22Cl2FN3O3S/c23-15-2-5-19(17(24)12-15)31-14-21(29)28(7-1-6-27-8-10-30-11-9-27)22-26-18-4-3-16(25)13-20(18)32-22/h2-5,12-13H,1,6-11,14H2. The SMILES string of the molecule is O=C(COc1ccc(Cl)cc1Cl)N(CCCN1CCOCC1)c1nc2ccc(F)cc2s1. The lowest BCUT2D eigenvalue weighted by molar-refractivity contribution is -0.120. The van der Waals surface area contributed by atoms with Gasteiger partial charge < -0.3 is 9.47 Å². The summed E-state index contributed by atoms with van der Waals surface area (Å²) in [6.07, 6.45) is 0.762. The molecule has 0 saturated carbocycles. The number of rotatable bonds is 8. The van der Waals surface area contributed by atoms with Gasteiger partial charge in [0.25, 0.3) is 5.91 Å². The van der Waals surface area contributed by atoms with Crippen molar-refractivity contribution in [3.8, 4) is 5.75 Å². The Hall–Kier alpha value is -1.97. The molecule has 10 heteroatoms. The van der Waals surface area contributed by atoms with Gasteiger partial charge in [-0.25, -0.2) is 9.37 Å². The van der Waals surface area contributed by atoms with E-state index in [0.717, 1.165) is 39.3 Å². The first-order valence-corrected chi connectivity index (χ1v) is 11.8. The highest BCUT2D eigenvalue weighted by Gasteiger charge is 2.21. The Morgan fingerprint density at radius 3 is 2.81 bits per heavy atom. The van der Waals surface area contributed by atoms with Gasteiger partial charge >= 0.3 is 0 Å². The fourth-order valence-corrected chi connectivity index (χ4v) is 4.91. The van der Waals surface area contributed by atoms with Gasteiger partial charge in [-0.2, -0.15) is 0 Å². The number of aromatic nitrogens is 1. The summed E-state index contributed by atoms with van der Waals surface area (Å²) >= 11 is 13.4. The van der Waals surface area contributed by atoms with Crippen LogP contribution in [0.1, 0.15) is 6.42 Å². The number of halogens is 3. The first-order valence-electron chi connectivity index (χ1n) is 10.2. The van der Waals surface area contributed by atoms with Crippen LogP contribution in [0.5, 0.6) is 5.75 Å². The van der Waals surface area contributed by atoms with Crippen LogP contribution in [-0.2, 0) is 9.53 Å². The third kappa shape index (κ3) is 5.88. The smallest absolute Gasteiger partial charge is 0.266 e. The second kappa shape index (κ2) is 10.8. The number of amides is 1. The quantitative estimate of drug-likeness (QED) is 0.444. The van der Waals surface area contributed by atoms with Gasteiger partial charge in [0, 0.05) is 31.2 Å². The van der Waals surface area contributed by atoms with Gasteiger partial charge in [-0.3, -0.25) is 14.6 Å². The molecule has 0 unspecified atom stereocenters. The zero-order valence-corrected chi connectivity index (χ0v) is 19.6. The largest absolute Gasteiger partial charge is 0.482 e. The fraction of sp³-hybridized carbons (Fsp3) is 0.364. The van der Waals surface area contributed by atoms with Crippen molar-refractivity contribution in [2.45, 2.75) is 6.42 Å². The molecule has 4 rings (SSSR count). The van der Waals surface area contributed by atoms with Gasteiger partial charge in [0.05, 0.1) is 28.5 Å². The summed E-state index contributed by atoms with van der Waals surface area (Å²) in [7, 11) is 0. The number of anilines is 1. The fourth-order valence-electron chi connectivity index (χ4n) is 3.42. The van der Waals surface area contributed by atoms with Crippen LogP contribution in [0.4, 0.5) is 9.52 Å². The monoisotopic (exact) mass is 497 g/mol. The van der Waals surface area contributed by atoms with Crippen molar-refractivity contribution in [1.29, 1.82) is 0 Å². The summed E-state index contributed by atoms with van der Waals surface area (Å²) in [5.74, 6) is -0.208.